The van der Waals surface area contributed by atoms with Crippen molar-refractivity contribution in [3.8, 4) is 0 Å². The van der Waals surface area contributed by atoms with Crippen LogP contribution in [-0.2, 0) is 13.5 Å². The summed E-state index contributed by atoms with van der Waals surface area (Å²) < 4.78 is 3.06. The Labute approximate surface area is 116 Å². The van der Waals surface area contributed by atoms with Crippen LogP contribution in [-0.4, -0.2) is 21.6 Å². The monoisotopic (exact) mass is 308 g/mol. The molecule has 0 aliphatic heterocycles. The van der Waals surface area contributed by atoms with Gasteiger partial charge in [-0.3, -0.25) is 4.98 Å². The second-order valence-electron chi connectivity index (χ2n) is 4.24. The van der Waals surface area contributed by atoms with Crippen molar-refractivity contribution in [2.75, 3.05) is 7.05 Å². The van der Waals surface area contributed by atoms with Crippen LogP contribution in [0, 0.1) is 0 Å². The molecule has 0 aromatic carbocycles. The molecule has 5 heteroatoms. The topological polar surface area (TPSA) is 42.7 Å². The molecule has 0 fully saturated rings. The van der Waals surface area contributed by atoms with Crippen LogP contribution in [0.2, 0.25) is 0 Å². The van der Waals surface area contributed by atoms with Crippen molar-refractivity contribution in [2.45, 2.75) is 18.9 Å². The Morgan fingerprint density at radius 3 is 2.78 bits per heavy atom. The molecule has 2 aromatic heterocycles. The molecule has 4 nitrogen and oxygen atoms in total. The van der Waals surface area contributed by atoms with Crippen molar-refractivity contribution in [3.63, 3.8) is 0 Å². The fourth-order valence-electron chi connectivity index (χ4n) is 1.94. The van der Waals surface area contributed by atoms with Gasteiger partial charge in [0.1, 0.15) is 5.82 Å². The Hall–Kier alpha value is -1.20. The summed E-state index contributed by atoms with van der Waals surface area (Å²) in [4.78, 5) is 8.77. The number of nitrogens with one attached hydrogen (secondary N) is 1. The number of aromatic nitrogens is 3. The van der Waals surface area contributed by atoms with Gasteiger partial charge in [0.25, 0.3) is 0 Å². The molecule has 1 unspecified atom stereocenters. The van der Waals surface area contributed by atoms with Gasteiger partial charge in [-0.1, -0.05) is 0 Å². The third-order valence-corrected chi connectivity index (χ3v) is 3.50. The first-order valence-corrected chi connectivity index (χ1v) is 6.75. The van der Waals surface area contributed by atoms with E-state index in [1.54, 1.807) is 0 Å². The van der Waals surface area contributed by atoms with Gasteiger partial charge in [0.15, 0.2) is 0 Å². The molecule has 18 heavy (non-hydrogen) atoms. The van der Waals surface area contributed by atoms with E-state index in [-0.39, 0.29) is 6.04 Å². The SMILES string of the molecule is CNC(CCc1nccn1C)c1ccc(Br)cn1. The van der Waals surface area contributed by atoms with Crippen LogP contribution in [0.25, 0.3) is 0 Å². The van der Waals surface area contributed by atoms with Crippen LogP contribution < -0.4 is 5.32 Å². The largest absolute Gasteiger partial charge is 0.338 e. The lowest BCUT2D eigenvalue weighted by atomic mass is 10.1. The summed E-state index contributed by atoms with van der Waals surface area (Å²) in [5, 5.41) is 3.30. The molecule has 0 spiro atoms. The van der Waals surface area contributed by atoms with E-state index in [2.05, 4.69) is 35.8 Å². The van der Waals surface area contributed by atoms with Gasteiger partial charge in [-0.15, -0.1) is 0 Å². The molecule has 0 saturated carbocycles. The molecule has 0 aliphatic carbocycles. The molecule has 2 rings (SSSR count). The number of hydrogen-bond donors (Lipinski definition) is 1. The fourth-order valence-corrected chi connectivity index (χ4v) is 2.18. The van der Waals surface area contributed by atoms with Gasteiger partial charge in [0.05, 0.1) is 5.69 Å². The number of pyridine rings is 1. The van der Waals surface area contributed by atoms with Gasteiger partial charge in [-0.05, 0) is 41.5 Å². The van der Waals surface area contributed by atoms with Crippen LogP contribution in [0.5, 0.6) is 0 Å². The van der Waals surface area contributed by atoms with Crippen LogP contribution in [0.4, 0.5) is 0 Å². The highest BCUT2D eigenvalue weighted by molar-refractivity contribution is 9.10. The summed E-state index contributed by atoms with van der Waals surface area (Å²) >= 11 is 3.40. The minimum atomic E-state index is 0.259. The minimum Gasteiger partial charge on any atom is -0.338 e. The van der Waals surface area contributed by atoms with Crippen molar-refractivity contribution >= 4 is 15.9 Å². The molecule has 1 atom stereocenters. The van der Waals surface area contributed by atoms with E-state index < -0.39 is 0 Å². The normalized spacial score (nSPS) is 12.6. The van der Waals surface area contributed by atoms with Crippen molar-refractivity contribution in [1.82, 2.24) is 19.9 Å². The van der Waals surface area contributed by atoms with E-state index in [4.69, 9.17) is 0 Å². The molecule has 0 saturated heterocycles. The molecule has 0 radical (unpaired) electrons. The number of rotatable bonds is 5. The zero-order valence-electron chi connectivity index (χ0n) is 10.6. The lowest BCUT2D eigenvalue weighted by molar-refractivity contribution is 0.524. The molecule has 1 N–H and O–H groups in total. The maximum atomic E-state index is 4.44. The summed E-state index contributed by atoms with van der Waals surface area (Å²) in [6.07, 6.45) is 7.56. The van der Waals surface area contributed by atoms with Gasteiger partial charge in [-0.2, -0.15) is 0 Å². The zero-order chi connectivity index (χ0) is 13.0. The molecule has 2 heterocycles. The van der Waals surface area contributed by atoms with Crippen LogP contribution in [0.15, 0.2) is 35.2 Å². The number of nitrogens with zero attached hydrogens (tertiary/aromatic N) is 3. The van der Waals surface area contributed by atoms with Crippen molar-refractivity contribution < 1.29 is 0 Å². The highest BCUT2D eigenvalue weighted by Gasteiger charge is 2.11. The van der Waals surface area contributed by atoms with Crippen molar-refractivity contribution in [1.29, 1.82) is 0 Å². The highest BCUT2D eigenvalue weighted by atomic mass is 79.9. The van der Waals surface area contributed by atoms with E-state index in [0.717, 1.165) is 28.8 Å². The van der Waals surface area contributed by atoms with E-state index in [1.807, 2.05) is 44.8 Å². The Bertz CT molecular complexity index is 492. The first-order chi connectivity index (χ1) is 8.70. The highest BCUT2D eigenvalue weighted by Crippen LogP contribution is 2.18. The third kappa shape index (κ3) is 3.17. The second kappa shape index (κ2) is 6.11. The number of hydrogen-bond acceptors (Lipinski definition) is 3. The summed E-state index contributed by atoms with van der Waals surface area (Å²) in [5.41, 5.74) is 1.06. The van der Waals surface area contributed by atoms with Gasteiger partial charge >= 0.3 is 0 Å². The quantitative estimate of drug-likeness (QED) is 0.922. The number of imidazole rings is 1. The Morgan fingerprint density at radius 2 is 2.22 bits per heavy atom. The zero-order valence-corrected chi connectivity index (χ0v) is 12.2. The van der Waals surface area contributed by atoms with Gasteiger partial charge < -0.3 is 9.88 Å². The Morgan fingerprint density at radius 1 is 1.39 bits per heavy atom. The maximum Gasteiger partial charge on any atom is 0.108 e. The van der Waals surface area contributed by atoms with Crippen LogP contribution >= 0.6 is 15.9 Å². The smallest absolute Gasteiger partial charge is 0.108 e. The average molecular weight is 309 g/mol. The summed E-state index contributed by atoms with van der Waals surface area (Å²) in [7, 11) is 3.99. The first kappa shape index (κ1) is 13.2. The van der Waals surface area contributed by atoms with E-state index in [9.17, 15) is 0 Å². The lowest BCUT2D eigenvalue weighted by Crippen LogP contribution is -2.18. The fraction of sp³-hybridized carbons (Fsp3) is 0.385. The maximum absolute atomic E-state index is 4.44. The number of halogens is 1. The molecule has 2 aromatic rings. The van der Waals surface area contributed by atoms with Crippen LogP contribution in [0.1, 0.15) is 24.0 Å². The minimum absolute atomic E-state index is 0.259. The van der Waals surface area contributed by atoms with E-state index in [1.165, 1.54) is 0 Å². The first-order valence-electron chi connectivity index (χ1n) is 5.95. The van der Waals surface area contributed by atoms with Gasteiger partial charge in [0.2, 0.25) is 0 Å². The Balaban J connectivity index is 2.01. The van der Waals surface area contributed by atoms with Crippen molar-refractivity contribution in [3.05, 3.63) is 46.7 Å². The lowest BCUT2D eigenvalue weighted by Gasteiger charge is -2.15. The molecule has 0 bridgehead atoms. The summed E-state index contributed by atoms with van der Waals surface area (Å²) in [6, 6.07) is 4.33. The molecule has 0 amide bonds. The molecule has 96 valence electrons. The Kier molecular flexibility index (Phi) is 4.49. The third-order valence-electron chi connectivity index (χ3n) is 3.03. The molecular weight excluding hydrogens is 292 g/mol. The standard InChI is InChI=1S/C13H17BrN4/c1-15-11(12-4-3-10(14)9-17-12)5-6-13-16-7-8-18(13)2/h3-4,7-9,11,15H,5-6H2,1-2H3. The molecule has 0 aliphatic rings. The van der Waals surface area contributed by atoms with Crippen molar-refractivity contribution in [2.24, 2.45) is 7.05 Å². The predicted molar refractivity (Wildman–Crippen MR) is 75.3 cm³/mol. The molecular formula is C13H17BrN4. The predicted octanol–water partition coefficient (Wildman–Crippen LogP) is 2.47. The summed E-state index contributed by atoms with van der Waals surface area (Å²) in [5.74, 6) is 1.10. The van der Waals surface area contributed by atoms with Crippen LogP contribution in [0.3, 0.4) is 0 Å². The average Bonchev–Trinajstić information content (AvgIpc) is 2.78. The van der Waals surface area contributed by atoms with E-state index in [0.29, 0.717) is 0 Å². The second-order valence-corrected chi connectivity index (χ2v) is 5.15. The van der Waals surface area contributed by atoms with Gasteiger partial charge in [0, 0.05) is 42.6 Å². The summed E-state index contributed by atoms with van der Waals surface area (Å²) in [6.45, 7) is 0. The van der Waals surface area contributed by atoms with E-state index >= 15 is 0 Å². The number of aryl methyl sites for hydroxylation is 2. The van der Waals surface area contributed by atoms with Gasteiger partial charge in [-0.25, -0.2) is 4.98 Å².